The molecule has 0 saturated carbocycles. The van der Waals surface area contributed by atoms with Crippen LogP contribution in [0, 0.1) is 5.82 Å². The number of hydrogen-bond donors (Lipinski definition) is 1. The predicted molar refractivity (Wildman–Crippen MR) is 90.2 cm³/mol. The van der Waals surface area contributed by atoms with Crippen molar-refractivity contribution in [1.82, 2.24) is 0 Å². The van der Waals surface area contributed by atoms with Crippen molar-refractivity contribution in [2.75, 3.05) is 29.5 Å². The van der Waals surface area contributed by atoms with Gasteiger partial charge in [-0.2, -0.15) is 0 Å². The van der Waals surface area contributed by atoms with E-state index in [0.717, 1.165) is 10.6 Å². The molecule has 0 saturated heterocycles. The van der Waals surface area contributed by atoms with Gasteiger partial charge in [-0.3, -0.25) is 9.10 Å². The first-order valence-corrected chi connectivity index (χ1v) is 8.83. The summed E-state index contributed by atoms with van der Waals surface area (Å²) in [6.45, 7) is -0.252. The van der Waals surface area contributed by atoms with Crippen molar-refractivity contribution in [1.29, 1.82) is 0 Å². The Kier molecular flexibility index (Phi) is 5.40. The molecule has 0 fully saturated rings. The Labute approximate surface area is 139 Å². The molecule has 128 valence electrons. The van der Waals surface area contributed by atoms with Gasteiger partial charge in [0.25, 0.3) is 5.91 Å². The number of carbonyl (C=O) groups excluding carboxylic acids is 1. The summed E-state index contributed by atoms with van der Waals surface area (Å²) in [7, 11) is -1.96. The highest BCUT2D eigenvalue weighted by Crippen LogP contribution is 2.20. The zero-order valence-corrected chi connectivity index (χ0v) is 14.0. The third kappa shape index (κ3) is 4.95. The van der Waals surface area contributed by atoms with E-state index in [-0.39, 0.29) is 6.61 Å². The molecule has 1 amide bonds. The van der Waals surface area contributed by atoms with Gasteiger partial charge < -0.3 is 10.1 Å². The average molecular weight is 352 g/mol. The molecule has 0 unspecified atom stereocenters. The minimum Gasteiger partial charge on any atom is -0.484 e. The number of hydrogen-bond acceptors (Lipinski definition) is 4. The highest BCUT2D eigenvalue weighted by molar-refractivity contribution is 7.92. The van der Waals surface area contributed by atoms with Crippen molar-refractivity contribution in [2.45, 2.75) is 0 Å². The smallest absolute Gasteiger partial charge is 0.262 e. The van der Waals surface area contributed by atoms with Crippen molar-refractivity contribution >= 4 is 27.3 Å². The van der Waals surface area contributed by atoms with Crippen molar-refractivity contribution in [3.8, 4) is 5.75 Å². The summed E-state index contributed by atoms with van der Waals surface area (Å²) in [5.41, 5.74) is 0.866. The van der Waals surface area contributed by atoms with Gasteiger partial charge in [-0.15, -0.1) is 0 Å². The topological polar surface area (TPSA) is 75.7 Å². The number of ether oxygens (including phenoxy) is 1. The first-order chi connectivity index (χ1) is 11.3. The molecule has 2 aromatic carbocycles. The molecule has 0 aliphatic carbocycles. The molecule has 0 heterocycles. The average Bonchev–Trinajstić information content (AvgIpc) is 2.53. The Hall–Kier alpha value is -2.61. The zero-order valence-electron chi connectivity index (χ0n) is 13.2. The number of carbonyl (C=O) groups is 1. The second-order valence-electron chi connectivity index (χ2n) is 5.07. The molecule has 1 N–H and O–H groups in total. The fraction of sp³-hybridized carbons (Fsp3) is 0.188. The van der Waals surface area contributed by atoms with Crippen LogP contribution in [0.4, 0.5) is 15.8 Å². The van der Waals surface area contributed by atoms with Crippen LogP contribution >= 0.6 is 0 Å². The monoisotopic (exact) mass is 352 g/mol. The Morgan fingerprint density at radius 2 is 1.88 bits per heavy atom. The summed E-state index contributed by atoms with van der Waals surface area (Å²) >= 11 is 0. The summed E-state index contributed by atoms with van der Waals surface area (Å²) in [4.78, 5) is 11.9. The summed E-state index contributed by atoms with van der Waals surface area (Å²) in [6, 6.07) is 11.7. The lowest BCUT2D eigenvalue weighted by molar-refractivity contribution is -0.118. The maximum Gasteiger partial charge on any atom is 0.262 e. The Morgan fingerprint density at radius 1 is 1.21 bits per heavy atom. The van der Waals surface area contributed by atoms with Crippen LogP contribution < -0.4 is 14.4 Å². The first-order valence-electron chi connectivity index (χ1n) is 6.98. The Bertz CT molecular complexity index is 822. The van der Waals surface area contributed by atoms with Crippen LogP contribution in [-0.4, -0.2) is 34.2 Å². The molecule has 2 aromatic rings. The van der Waals surface area contributed by atoms with Gasteiger partial charge in [0.15, 0.2) is 6.61 Å². The molecule has 6 nitrogen and oxygen atoms in total. The van der Waals surface area contributed by atoms with Crippen LogP contribution in [0.2, 0.25) is 0 Å². The van der Waals surface area contributed by atoms with E-state index in [1.165, 1.54) is 37.4 Å². The van der Waals surface area contributed by atoms with E-state index in [4.69, 9.17) is 4.74 Å². The maximum atomic E-state index is 12.8. The van der Waals surface area contributed by atoms with Gasteiger partial charge >= 0.3 is 0 Å². The van der Waals surface area contributed by atoms with E-state index in [2.05, 4.69) is 5.32 Å². The minimum absolute atomic E-state index is 0.252. The quantitative estimate of drug-likeness (QED) is 0.865. The standard InChI is InChI=1S/C16H17FN2O4S/c1-19(24(2,21)22)14-5-3-4-13(10-14)18-16(20)11-23-15-8-6-12(17)7-9-15/h3-10H,11H2,1-2H3,(H,18,20). The van der Waals surface area contributed by atoms with Crippen LogP contribution in [0.25, 0.3) is 0 Å². The van der Waals surface area contributed by atoms with Gasteiger partial charge in [-0.05, 0) is 42.5 Å². The number of sulfonamides is 1. The highest BCUT2D eigenvalue weighted by atomic mass is 32.2. The van der Waals surface area contributed by atoms with Gasteiger partial charge in [0.05, 0.1) is 11.9 Å². The van der Waals surface area contributed by atoms with E-state index >= 15 is 0 Å². The SMILES string of the molecule is CN(c1cccc(NC(=O)COc2ccc(F)cc2)c1)S(C)(=O)=O. The van der Waals surface area contributed by atoms with E-state index in [1.54, 1.807) is 18.2 Å². The van der Waals surface area contributed by atoms with Gasteiger partial charge in [0.2, 0.25) is 10.0 Å². The molecule has 0 bridgehead atoms. The fourth-order valence-corrected chi connectivity index (χ4v) is 2.34. The molecule has 2 rings (SSSR count). The lowest BCUT2D eigenvalue weighted by Gasteiger charge is -2.17. The van der Waals surface area contributed by atoms with Crippen LogP contribution in [-0.2, 0) is 14.8 Å². The zero-order chi connectivity index (χ0) is 17.7. The predicted octanol–water partition coefficient (Wildman–Crippen LogP) is 2.24. The third-order valence-corrected chi connectivity index (χ3v) is 4.38. The Balaban J connectivity index is 1.98. The maximum absolute atomic E-state index is 12.8. The largest absolute Gasteiger partial charge is 0.484 e. The third-order valence-electron chi connectivity index (χ3n) is 3.17. The first kappa shape index (κ1) is 17.7. The van der Waals surface area contributed by atoms with Gasteiger partial charge in [-0.1, -0.05) is 6.07 Å². The molecule has 0 aliphatic rings. The van der Waals surface area contributed by atoms with E-state index in [1.807, 2.05) is 0 Å². The number of rotatable bonds is 6. The molecule has 24 heavy (non-hydrogen) atoms. The second-order valence-corrected chi connectivity index (χ2v) is 7.09. The number of amides is 1. The summed E-state index contributed by atoms with van der Waals surface area (Å²) in [6.07, 6.45) is 1.09. The molecule has 8 heteroatoms. The van der Waals surface area contributed by atoms with Crippen molar-refractivity contribution in [3.63, 3.8) is 0 Å². The number of anilines is 2. The van der Waals surface area contributed by atoms with Crippen LogP contribution in [0.3, 0.4) is 0 Å². The Morgan fingerprint density at radius 3 is 2.50 bits per heavy atom. The summed E-state index contributed by atoms with van der Waals surface area (Å²) in [5.74, 6) is -0.436. The highest BCUT2D eigenvalue weighted by Gasteiger charge is 2.12. The van der Waals surface area contributed by atoms with E-state index in [9.17, 15) is 17.6 Å². The fourth-order valence-electron chi connectivity index (χ4n) is 1.85. The molecule has 0 spiro atoms. The molecular weight excluding hydrogens is 335 g/mol. The summed E-state index contributed by atoms with van der Waals surface area (Å²) in [5, 5.41) is 2.61. The molecule has 0 aromatic heterocycles. The van der Waals surface area contributed by atoms with Gasteiger partial charge in [-0.25, -0.2) is 12.8 Å². The van der Waals surface area contributed by atoms with E-state index < -0.39 is 21.7 Å². The number of nitrogens with zero attached hydrogens (tertiary/aromatic N) is 1. The minimum atomic E-state index is -3.39. The lowest BCUT2D eigenvalue weighted by atomic mass is 10.3. The van der Waals surface area contributed by atoms with Crippen LogP contribution in [0.5, 0.6) is 5.75 Å². The van der Waals surface area contributed by atoms with Crippen molar-refractivity contribution in [3.05, 3.63) is 54.3 Å². The van der Waals surface area contributed by atoms with Crippen LogP contribution in [0.1, 0.15) is 0 Å². The van der Waals surface area contributed by atoms with Gasteiger partial charge in [0.1, 0.15) is 11.6 Å². The van der Waals surface area contributed by atoms with Gasteiger partial charge in [0, 0.05) is 12.7 Å². The molecular formula is C16H17FN2O4S. The molecule has 0 radical (unpaired) electrons. The van der Waals surface area contributed by atoms with Crippen molar-refractivity contribution < 1.29 is 22.3 Å². The number of benzene rings is 2. The van der Waals surface area contributed by atoms with Crippen LogP contribution in [0.15, 0.2) is 48.5 Å². The van der Waals surface area contributed by atoms with E-state index in [0.29, 0.717) is 17.1 Å². The molecule has 0 aliphatic heterocycles. The lowest BCUT2D eigenvalue weighted by Crippen LogP contribution is -2.25. The van der Waals surface area contributed by atoms with Crippen molar-refractivity contribution in [2.24, 2.45) is 0 Å². The number of nitrogens with one attached hydrogen (secondary N) is 1. The normalized spacial score (nSPS) is 11.0. The second kappa shape index (κ2) is 7.31. The number of halogens is 1. The summed E-state index contributed by atoms with van der Waals surface area (Å²) < 4.78 is 42.2. The molecule has 0 atom stereocenters.